The van der Waals surface area contributed by atoms with Crippen LogP contribution in [0.3, 0.4) is 0 Å². The zero-order valence-electron chi connectivity index (χ0n) is 14.7. The minimum atomic E-state index is -0.460. The third-order valence-electron chi connectivity index (χ3n) is 4.05. The van der Waals surface area contributed by atoms with Gasteiger partial charge in [-0.1, -0.05) is 26.2 Å². The second-order valence-corrected chi connectivity index (χ2v) is 7.38. The maximum Gasteiger partial charge on any atom is 0.407 e. The number of alkyl carbamates (subject to hydrolysis) is 1. The molecule has 1 saturated carbocycles. The monoisotopic (exact) mass is 314 g/mol. The van der Waals surface area contributed by atoms with Crippen LogP contribution in [0.2, 0.25) is 0 Å². The number of ether oxygens (including phenoxy) is 1. The lowest BCUT2D eigenvalue weighted by atomic mass is 9.84. The lowest BCUT2D eigenvalue weighted by molar-refractivity contribution is 0.0508. The third kappa shape index (κ3) is 7.99. The predicted molar refractivity (Wildman–Crippen MR) is 88.9 cm³/mol. The number of nitrogens with one attached hydrogen (secondary N) is 2. The van der Waals surface area contributed by atoms with Crippen molar-refractivity contribution in [3.63, 3.8) is 0 Å². The summed E-state index contributed by atoms with van der Waals surface area (Å²) < 4.78 is 5.28. The molecule has 0 heterocycles. The molecule has 22 heavy (non-hydrogen) atoms. The van der Waals surface area contributed by atoms with Crippen LogP contribution in [0.25, 0.3) is 0 Å². The van der Waals surface area contributed by atoms with Gasteiger partial charge in [0.1, 0.15) is 5.60 Å². The molecule has 3 N–H and O–H groups in total. The van der Waals surface area contributed by atoms with Crippen molar-refractivity contribution in [1.29, 1.82) is 0 Å². The van der Waals surface area contributed by atoms with Crippen molar-refractivity contribution in [1.82, 2.24) is 10.6 Å². The van der Waals surface area contributed by atoms with Crippen LogP contribution in [0.1, 0.15) is 66.2 Å². The highest BCUT2D eigenvalue weighted by Gasteiger charge is 2.26. The van der Waals surface area contributed by atoms with E-state index in [1.165, 1.54) is 12.8 Å². The first-order chi connectivity index (χ1) is 10.3. The summed E-state index contributed by atoms with van der Waals surface area (Å²) in [4.78, 5) is 11.8. The first-order valence-electron chi connectivity index (χ1n) is 8.70. The van der Waals surface area contributed by atoms with Crippen molar-refractivity contribution in [2.45, 2.75) is 84.0 Å². The van der Waals surface area contributed by atoms with Crippen molar-refractivity contribution in [2.75, 3.05) is 13.1 Å². The third-order valence-corrected chi connectivity index (χ3v) is 4.05. The van der Waals surface area contributed by atoms with Gasteiger partial charge < -0.3 is 20.5 Å². The number of aliphatic hydroxyl groups excluding tert-OH is 1. The molecular formula is C17H34N2O3. The van der Waals surface area contributed by atoms with E-state index in [9.17, 15) is 9.90 Å². The maximum atomic E-state index is 11.8. The van der Waals surface area contributed by atoms with E-state index in [-0.39, 0.29) is 12.2 Å². The summed E-state index contributed by atoms with van der Waals surface area (Å²) in [6.45, 7) is 8.96. The van der Waals surface area contributed by atoms with Gasteiger partial charge >= 0.3 is 6.09 Å². The minimum Gasteiger partial charge on any atom is -0.444 e. The Morgan fingerprint density at radius 3 is 2.64 bits per heavy atom. The van der Waals surface area contributed by atoms with Crippen LogP contribution in [0.4, 0.5) is 4.79 Å². The van der Waals surface area contributed by atoms with Gasteiger partial charge in [-0.25, -0.2) is 4.79 Å². The molecule has 0 spiro atoms. The van der Waals surface area contributed by atoms with E-state index < -0.39 is 5.60 Å². The van der Waals surface area contributed by atoms with Crippen molar-refractivity contribution in [3.8, 4) is 0 Å². The molecule has 0 aromatic rings. The summed E-state index contributed by atoms with van der Waals surface area (Å²) in [5.74, 6) is 0.412. The van der Waals surface area contributed by atoms with Gasteiger partial charge in [-0.15, -0.1) is 0 Å². The zero-order valence-corrected chi connectivity index (χ0v) is 14.7. The zero-order chi connectivity index (χ0) is 16.6. The van der Waals surface area contributed by atoms with Crippen molar-refractivity contribution < 1.29 is 14.6 Å². The summed E-state index contributed by atoms with van der Waals surface area (Å²) in [5.41, 5.74) is -0.460. The van der Waals surface area contributed by atoms with Crippen LogP contribution >= 0.6 is 0 Å². The Balaban J connectivity index is 2.36. The summed E-state index contributed by atoms with van der Waals surface area (Å²) in [6, 6.07) is 0.371. The highest BCUT2D eigenvalue weighted by atomic mass is 16.6. The fourth-order valence-corrected chi connectivity index (χ4v) is 2.97. The molecule has 0 aromatic heterocycles. The van der Waals surface area contributed by atoms with E-state index in [1.54, 1.807) is 0 Å². The largest absolute Gasteiger partial charge is 0.444 e. The number of hydrogen-bond donors (Lipinski definition) is 3. The van der Waals surface area contributed by atoms with Gasteiger partial charge in [0.25, 0.3) is 0 Å². The molecule has 1 rings (SSSR count). The van der Waals surface area contributed by atoms with Crippen molar-refractivity contribution in [2.24, 2.45) is 5.92 Å². The number of amides is 1. The Morgan fingerprint density at radius 1 is 1.32 bits per heavy atom. The second-order valence-electron chi connectivity index (χ2n) is 7.38. The molecule has 0 aromatic carbocycles. The van der Waals surface area contributed by atoms with Gasteiger partial charge in [-0.2, -0.15) is 0 Å². The van der Waals surface area contributed by atoms with Crippen LogP contribution in [0, 0.1) is 5.92 Å². The SMILES string of the molecule is CCCC(O)CNC1CCCCC1CNC(=O)OC(C)(C)C. The summed E-state index contributed by atoms with van der Waals surface area (Å²) in [7, 11) is 0. The van der Waals surface area contributed by atoms with E-state index in [4.69, 9.17) is 4.74 Å². The molecule has 5 heteroatoms. The molecule has 1 aliphatic carbocycles. The summed E-state index contributed by atoms with van der Waals surface area (Å²) in [5, 5.41) is 16.2. The average molecular weight is 314 g/mol. The van der Waals surface area contributed by atoms with E-state index >= 15 is 0 Å². The highest BCUT2D eigenvalue weighted by molar-refractivity contribution is 5.67. The minimum absolute atomic E-state index is 0.272. The molecule has 5 nitrogen and oxygen atoms in total. The van der Waals surface area contributed by atoms with Gasteiger partial charge in [0.2, 0.25) is 0 Å². The molecule has 0 radical (unpaired) electrons. The van der Waals surface area contributed by atoms with Crippen LogP contribution in [0.15, 0.2) is 0 Å². The normalized spacial score (nSPS) is 23.9. The molecular weight excluding hydrogens is 280 g/mol. The first-order valence-corrected chi connectivity index (χ1v) is 8.70. The van der Waals surface area contributed by atoms with Crippen molar-refractivity contribution in [3.05, 3.63) is 0 Å². The highest BCUT2D eigenvalue weighted by Crippen LogP contribution is 2.24. The smallest absolute Gasteiger partial charge is 0.407 e. The average Bonchev–Trinajstić information content (AvgIpc) is 2.42. The molecule has 130 valence electrons. The molecule has 3 atom stereocenters. The van der Waals surface area contributed by atoms with Gasteiger partial charge in [-0.3, -0.25) is 0 Å². The Morgan fingerprint density at radius 2 is 2.00 bits per heavy atom. The Kier molecular flexibility index (Phi) is 8.18. The quantitative estimate of drug-likeness (QED) is 0.676. The van der Waals surface area contributed by atoms with E-state index in [0.29, 0.717) is 25.0 Å². The lowest BCUT2D eigenvalue weighted by Crippen LogP contribution is -2.46. The number of aliphatic hydroxyl groups is 1. The molecule has 0 bridgehead atoms. The topological polar surface area (TPSA) is 70.6 Å². The summed E-state index contributed by atoms with van der Waals surface area (Å²) >= 11 is 0. The molecule has 0 aliphatic heterocycles. The number of carbonyl (C=O) groups is 1. The Bertz CT molecular complexity index is 328. The second kappa shape index (κ2) is 9.36. The van der Waals surface area contributed by atoms with Gasteiger partial charge in [0.05, 0.1) is 6.10 Å². The molecule has 1 aliphatic rings. The Hall–Kier alpha value is -0.810. The molecule has 3 unspecified atom stereocenters. The van der Waals surface area contributed by atoms with Crippen LogP contribution in [0.5, 0.6) is 0 Å². The fraction of sp³-hybridized carbons (Fsp3) is 0.941. The van der Waals surface area contributed by atoms with Gasteiger partial charge in [0.15, 0.2) is 0 Å². The van der Waals surface area contributed by atoms with Crippen LogP contribution < -0.4 is 10.6 Å². The molecule has 0 saturated heterocycles. The molecule has 1 fully saturated rings. The van der Waals surface area contributed by atoms with Crippen molar-refractivity contribution >= 4 is 6.09 Å². The van der Waals surface area contributed by atoms with Gasteiger partial charge in [0, 0.05) is 19.1 Å². The van der Waals surface area contributed by atoms with E-state index in [2.05, 4.69) is 17.6 Å². The summed E-state index contributed by atoms with van der Waals surface area (Å²) in [6.07, 6.45) is 5.85. The standard InChI is InChI=1S/C17H34N2O3/c1-5-8-14(20)12-18-15-10-7-6-9-13(15)11-19-16(21)22-17(2,3)4/h13-15,18,20H,5-12H2,1-4H3,(H,19,21). The Labute approximate surface area is 135 Å². The predicted octanol–water partition coefficient (Wildman–Crippen LogP) is 2.82. The lowest BCUT2D eigenvalue weighted by Gasteiger charge is -2.33. The fourth-order valence-electron chi connectivity index (χ4n) is 2.97. The molecule has 1 amide bonds. The number of rotatable bonds is 7. The van der Waals surface area contributed by atoms with Crippen LogP contribution in [-0.2, 0) is 4.74 Å². The van der Waals surface area contributed by atoms with Crippen LogP contribution in [-0.4, -0.2) is 42.0 Å². The first kappa shape index (κ1) is 19.2. The maximum absolute atomic E-state index is 11.8. The number of carbonyl (C=O) groups excluding carboxylic acids is 1. The number of hydrogen-bond acceptors (Lipinski definition) is 4. The van der Waals surface area contributed by atoms with E-state index in [1.807, 2.05) is 20.8 Å². The van der Waals surface area contributed by atoms with E-state index in [0.717, 1.165) is 25.7 Å². The van der Waals surface area contributed by atoms with Gasteiger partial charge in [-0.05, 0) is 46.0 Å².